The summed E-state index contributed by atoms with van der Waals surface area (Å²) in [6.45, 7) is 12.9. The van der Waals surface area contributed by atoms with Gasteiger partial charge >= 0.3 is 6.03 Å². The lowest BCUT2D eigenvalue weighted by atomic mass is 9.78. The summed E-state index contributed by atoms with van der Waals surface area (Å²) in [5, 5.41) is 13.8. The number of urea groups is 1. The zero-order chi connectivity index (χ0) is 22.3. The second kappa shape index (κ2) is 8.24. The number of hydrogen-bond donors (Lipinski definition) is 2. The molecule has 2 aliphatic rings. The number of carbonyl (C=O) groups is 2. The van der Waals surface area contributed by atoms with Crippen molar-refractivity contribution >= 4 is 11.9 Å². The predicted molar refractivity (Wildman–Crippen MR) is 120 cm³/mol. The second-order valence-electron chi connectivity index (χ2n) is 11.1. The molecule has 0 spiro atoms. The largest absolute Gasteiger partial charge is 0.507 e. The lowest BCUT2D eigenvalue weighted by Crippen LogP contribution is -2.38. The van der Waals surface area contributed by atoms with E-state index in [0.29, 0.717) is 18.7 Å². The summed E-state index contributed by atoms with van der Waals surface area (Å²) in [7, 11) is 0. The number of benzene rings is 1. The lowest BCUT2D eigenvalue weighted by Gasteiger charge is -2.28. The number of carbonyl (C=O) groups excluding carboxylic acids is 2. The van der Waals surface area contributed by atoms with Crippen molar-refractivity contribution in [2.24, 2.45) is 5.92 Å². The van der Waals surface area contributed by atoms with Crippen molar-refractivity contribution < 1.29 is 14.7 Å². The Bertz CT molecular complexity index is 776. The third-order valence-electron chi connectivity index (χ3n) is 6.59. The normalized spacial score (nSPS) is 21.3. The molecule has 1 heterocycles. The van der Waals surface area contributed by atoms with E-state index in [-0.39, 0.29) is 34.7 Å². The number of nitrogens with one attached hydrogen (secondary N) is 1. The molecule has 2 fully saturated rings. The Kier molecular flexibility index (Phi) is 6.22. The number of phenolic OH excluding ortho intramolecular Hbond substituents is 1. The van der Waals surface area contributed by atoms with E-state index in [0.717, 1.165) is 42.4 Å². The average molecular weight is 415 g/mol. The summed E-state index contributed by atoms with van der Waals surface area (Å²) in [4.78, 5) is 26.9. The van der Waals surface area contributed by atoms with Crippen LogP contribution in [0.1, 0.15) is 90.3 Å². The number of aromatic hydroxyl groups is 1. The van der Waals surface area contributed by atoms with Crippen LogP contribution in [0.25, 0.3) is 0 Å². The Labute approximate surface area is 181 Å². The Morgan fingerprint density at radius 2 is 1.50 bits per heavy atom. The second-order valence-corrected chi connectivity index (χ2v) is 11.1. The smallest absolute Gasteiger partial charge is 0.324 e. The minimum Gasteiger partial charge on any atom is -0.507 e. The van der Waals surface area contributed by atoms with Gasteiger partial charge in [-0.15, -0.1) is 0 Å². The molecule has 3 rings (SSSR count). The summed E-state index contributed by atoms with van der Waals surface area (Å²) in [6.07, 6.45) is 6.13. The molecule has 2 N–H and O–H groups in total. The number of phenols is 1. The molecule has 1 atom stereocenters. The number of amides is 3. The van der Waals surface area contributed by atoms with Crippen LogP contribution < -0.4 is 5.32 Å². The van der Waals surface area contributed by atoms with Gasteiger partial charge in [0.2, 0.25) is 0 Å². The first-order valence-electron chi connectivity index (χ1n) is 11.4. The van der Waals surface area contributed by atoms with E-state index in [1.807, 2.05) is 12.1 Å². The lowest BCUT2D eigenvalue weighted by molar-refractivity contribution is -0.128. The summed E-state index contributed by atoms with van der Waals surface area (Å²) < 4.78 is 0. The van der Waals surface area contributed by atoms with Gasteiger partial charge in [0.15, 0.2) is 0 Å². The molecule has 1 aliphatic carbocycles. The highest BCUT2D eigenvalue weighted by atomic mass is 16.3. The van der Waals surface area contributed by atoms with Gasteiger partial charge in [-0.25, -0.2) is 4.79 Å². The van der Waals surface area contributed by atoms with E-state index in [9.17, 15) is 14.7 Å². The van der Waals surface area contributed by atoms with Gasteiger partial charge in [-0.3, -0.25) is 9.69 Å². The highest BCUT2D eigenvalue weighted by Gasteiger charge is 2.42. The van der Waals surface area contributed by atoms with Crippen molar-refractivity contribution in [2.75, 3.05) is 6.54 Å². The van der Waals surface area contributed by atoms with Gasteiger partial charge in [0, 0.05) is 6.54 Å². The zero-order valence-corrected chi connectivity index (χ0v) is 19.5. The topological polar surface area (TPSA) is 69.6 Å². The van der Waals surface area contributed by atoms with Gasteiger partial charge in [-0.2, -0.15) is 0 Å². The molecule has 1 saturated carbocycles. The van der Waals surface area contributed by atoms with Crippen LogP contribution in [-0.4, -0.2) is 34.5 Å². The van der Waals surface area contributed by atoms with Crippen molar-refractivity contribution in [3.05, 3.63) is 28.8 Å². The van der Waals surface area contributed by atoms with E-state index >= 15 is 0 Å². The Morgan fingerprint density at radius 3 is 2.00 bits per heavy atom. The first-order valence-corrected chi connectivity index (χ1v) is 11.4. The fraction of sp³-hybridized carbons (Fsp3) is 0.680. The van der Waals surface area contributed by atoms with Crippen LogP contribution in [0.3, 0.4) is 0 Å². The molecule has 5 nitrogen and oxygen atoms in total. The number of hydrogen-bond acceptors (Lipinski definition) is 3. The van der Waals surface area contributed by atoms with Gasteiger partial charge in [0.1, 0.15) is 11.8 Å². The van der Waals surface area contributed by atoms with Crippen LogP contribution in [0.5, 0.6) is 5.75 Å². The van der Waals surface area contributed by atoms with E-state index in [1.54, 1.807) is 0 Å². The van der Waals surface area contributed by atoms with E-state index in [2.05, 4.69) is 46.9 Å². The Morgan fingerprint density at radius 1 is 0.967 bits per heavy atom. The van der Waals surface area contributed by atoms with Crippen LogP contribution in [0.4, 0.5) is 4.79 Å². The van der Waals surface area contributed by atoms with Gasteiger partial charge < -0.3 is 10.4 Å². The van der Waals surface area contributed by atoms with Crippen molar-refractivity contribution in [2.45, 2.75) is 96.9 Å². The standard InChI is InChI=1S/C25H38N2O3/c1-24(2,3)18-14-16(15-19(21(18)28)25(4,5)6)12-13-27-22(29)20(26-23(27)30)17-10-8-7-9-11-17/h14-15,17,20,28H,7-13H2,1-6H3,(H,26,30). The van der Waals surface area contributed by atoms with Gasteiger partial charge in [-0.1, -0.05) is 72.9 Å². The van der Waals surface area contributed by atoms with Crippen molar-refractivity contribution in [1.82, 2.24) is 10.2 Å². The fourth-order valence-corrected chi connectivity index (χ4v) is 4.76. The summed E-state index contributed by atoms with van der Waals surface area (Å²) in [5.74, 6) is 0.553. The molecule has 1 unspecified atom stereocenters. The number of rotatable bonds is 4. The molecule has 1 aromatic rings. The van der Waals surface area contributed by atoms with Crippen LogP contribution in [0.15, 0.2) is 12.1 Å². The predicted octanol–water partition coefficient (Wildman–Crippen LogP) is 5.03. The SMILES string of the molecule is CC(C)(C)c1cc(CCN2C(=O)NC(C3CCCCC3)C2=O)cc(C(C)(C)C)c1O. The average Bonchev–Trinajstić information content (AvgIpc) is 2.93. The molecule has 30 heavy (non-hydrogen) atoms. The molecule has 0 radical (unpaired) electrons. The van der Waals surface area contributed by atoms with Crippen LogP contribution in [-0.2, 0) is 22.0 Å². The van der Waals surface area contributed by atoms with Gasteiger partial charge in [0.25, 0.3) is 5.91 Å². The van der Waals surface area contributed by atoms with Gasteiger partial charge in [0.05, 0.1) is 0 Å². The molecule has 5 heteroatoms. The molecule has 1 aliphatic heterocycles. The summed E-state index contributed by atoms with van der Waals surface area (Å²) >= 11 is 0. The fourth-order valence-electron chi connectivity index (χ4n) is 4.76. The molecular weight excluding hydrogens is 376 g/mol. The minimum absolute atomic E-state index is 0.0715. The van der Waals surface area contributed by atoms with Crippen molar-refractivity contribution in [1.29, 1.82) is 0 Å². The van der Waals surface area contributed by atoms with Crippen LogP contribution in [0.2, 0.25) is 0 Å². The van der Waals surface area contributed by atoms with Crippen LogP contribution >= 0.6 is 0 Å². The number of nitrogens with zero attached hydrogens (tertiary/aromatic N) is 1. The summed E-state index contributed by atoms with van der Waals surface area (Å²) in [6, 6.07) is 3.44. The third kappa shape index (κ3) is 4.65. The highest BCUT2D eigenvalue weighted by Crippen LogP contribution is 2.40. The summed E-state index contributed by atoms with van der Waals surface area (Å²) in [5.41, 5.74) is 2.45. The van der Waals surface area contributed by atoms with Crippen molar-refractivity contribution in [3.8, 4) is 5.75 Å². The Hall–Kier alpha value is -2.04. The zero-order valence-electron chi connectivity index (χ0n) is 19.5. The van der Waals surface area contributed by atoms with E-state index in [1.165, 1.54) is 11.3 Å². The molecule has 166 valence electrons. The minimum atomic E-state index is -0.354. The molecular formula is C25H38N2O3. The highest BCUT2D eigenvalue weighted by molar-refractivity contribution is 6.04. The monoisotopic (exact) mass is 414 g/mol. The van der Waals surface area contributed by atoms with Gasteiger partial charge in [-0.05, 0) is 52.7 Å². The first kappa shape index (κ1) is 22.6. The first-order chi connectivity index (χ1) is 13.9. The third-order valence-corrected chi connectivity index (χ3v) is 6.59. The quantitative estimate of drug-likeness (QED) is 0.679. The van der Waals surface area contributed by atoms with E-state index in [4.69, 9.17) is 0 Å². The number of imide groups is 1. The molecule has 0 aromatic heterocycles. The Balaban J connectivity index is 1.79. The molecule has 0 bridgehead atoms. The maximum absolute atomic E-state index is 12.9. The molecule has 1 aromatic carbocycles. The van der Waals surface area contributed by atoms with Crippen molar-refractivity contribution in [3.63, 3.8) is 0 Å². The maximum atomic E-state index is 12.9. The van der Waals surface area contributed by atoms with Crippen LogP contribution in [0, 0.1) is 5.92 Å². The van der Waals surface area contributed by atoms with E-state index < -0.39 is 0 Å². The molecule has 1 saturated heterocycles. The molecule has 3 amide bonds. The maximum Gasteiger partial charge on any atom is 0.324 e.